The van der Waals surface area contributed by atoms with E-state index in [4.69, 9.17) is 9.47 Å². The second-order valence-corrected chi connectivity index (χ2v) is 5.92. The maximum absolute atomic E-state index is 12.6. The van der Waals surface area contributed by atoms with Gasteiger partial charge in [0.1, 0.15) is 5.75 Å². The molecule has 5 nitrogen and oxygen atoms in total. The van der Waals surface area contributed by atoms with Crippen LogP contribution in [0.2, 0.25) is 0 Å². The van der Waals surface area contributed by atoms with Crippen molar-refractivity contribution in [1.29, 1.82) is 0 Å². The van der Waals surface area contributed by atoms with E-state index in [1.165, 1.54) is 12.8 Å². The molecule has 0 saturated carbocycles. The molecule has 2 saturated heterocycles. The Morgan fingerprint density at radius 2 is 2.09 bits per heavy atom. The van der Waals surface area contributed by atoms with Crippen molar-refractivity contribution in [3.63, 3.8) is 0 Å². The number of benzene rings is 1. The first kappa shape index (κ1) is 18.0. The number of piperidine rings is 1. The third-order valence-electron chi connectivity index (χ3n) is 4.29. The van der Waals surface area contributed by atoms with Crippen molar-refractivity contribution in [2.75, 3.05) is 46.0 Å². The molecule has 0 spiro atoms. The van der Waals surface area contributed by atoms with Gasteiger partial charge >= 0.3 is 0 Å². The quantitative estimate of drug-likeness (QED) is 0.910. The maximum Gasteiger partial charge on any atom is 0.257 e. The fourth-order valence-corrected chi connectivity index (χ4v) is 2.98. The van der Waals surface area contributed by atoms with Crippen LogP contribution in [-0.4, -0.2) is 56.8 Å². The molecule has 1 N–H and O–H groups in total. The number of nitrogens with one attached hydrogen (secondary N) is 1. The first-order chi connectivity index (χ1) is 10.8. The number of carbonyl (C=O) groups is 1. The highest BCUT2D eigenvalue weighted by Gasteiger charge is 2.22. The van der Waals surface area contributed by atoms with Gasteiger partial charge in [-0.1, -0.05) is 12.1 Å². The zero-order valence-corrected chi connectivity index (χ0v) is 14.1. The number of rotatable bonds is 4. The summed E-state index contributed by atoms with van der Waals surface area (Å²) in [4.78, 5) is 14.5. The van der Waals surface area contributed by atoms with Crippen molar-refractivity contribution in [3.05, 3.63) is 29.8 Å². The van der Waals surface area contributed by atoms with E-state index < -0.39 is 0 Å². The molecule has 2 heterocycles. The number of amides is 1. The normalized spacial score (nSPS) is 21.4. The molecule has 1 unspecified atom stereocenters. The summed E-state index contributed by atoms with van der Waals surface area (Å²) in [6.07, 6.45) is 2.38. The minimum Gasteiger partial charge on any atom is -0.492 e. The predicted octanol–water partition coefficient (Wildman–Crippen LogP) is 1.96. The molecule has 2 aliphatic rings. The highest BCUT2D eigenvalue weighted by molar-refractivity contribution is 5.97. The summed E-state index contributed by atoms with van der Waals surface area (Å²) < 4.78 is 11.3. The van der Waals surface area contributed by atoms with E-state index in [0.717, 1.165) is 13.1 Å². The summed E-state index contributed by atoms with van der Waals surface area (Å²) in [7, 11) is 0. The summed E-state index contributed by atoms with van der Waals surface area (Å²) in [5, 5.41) is 3.39. The number of para-hydroxylation sites is 1. The molecule has 128 valence electrons. The van der Waals surface area contributed by atoms with Crippen LogP contribution in [0.1, 0.15) is 23.2 Å². The van der Waals surface area contributed by atoms with Gasteiger partial charge in [0, 0.05) is 25.6 Å². The van der Waals surface area contributed by atoms with Crippen molar-refractivity contribution in [3.8, 4) is 5.75 Å². The summed E-state index contributed by atoms with van der Waals surface area (Å²) in [6.45, 7) is 5.30. The summed E-state index contributed by atoms with van der Waals surface area (Å²) in [6, 6.07) is 7.56. The van der Waals surface area contributed by atoms with Crippen molar-refractivity contribution >= 4 is 18.3 Å². The number of halogens is 1. The van der Waals surface area contributed by atoms with Gasteiger partial charge < -0.3 is 19.7 Å². The zero-order valence-electron chi connectivity index (χ0n) is 13.3. The SMILES string of the molecule is Cl.O=C(c1ccccc1OCC1CCCNC1)N1CCOCC1. The molecule has 2 aliphatic heterocycles. The van der Waals surface area contributed by atoms with Crippen molar-refractivity contribution < 1.29 is 14.3 Å². The summed E-state index contributed by atoms with van der Waals surface area (Å²) >= 11 is 0. The molecule has 0 aliphatic carbocycles. The van der Waals surface area contributed by atoms with E-state index >= 15 is 0 Å². The lowest BCUT2D eigenvalue weighted by atomic mass is 10.0. The molecule has 1 aromatic rings. The van der Waals surface area contributed by atoms with Gasteiger partial charge in [0.25, 0.3) is 5.91 Å². The van der Waals surface area contributed by atoms with E-state index in [2.05, 4.69) is 5.32 Å². The van der Waals surface area contributed by atoms with E-state index in [1.54, 1.807) is 0 Å². The van der Waals surface area contributed by atoms with Crippen LogP contribution >= 0.6 is 12.4 Å². The molecule has 0 bridgehead atoms. The van der Waals surface area contributed by atoms with Gasteiger partial charge in [0.15, 0.2) is 0 Å². The van der Waals surface area contributed by atoms with Crippen LogP contribution in [0.3, 0.4) is 0 Å². The minimum absolute atomic E-state index is 0. The Morgan fingerprint density at radius 3 is 2.83 bits per heavy atom. The Bertz CT molecular complexity index is 500. The first-order valence-electron chi connectivity index (χ1n) is 8.14. The smallest absolute Gasteiger partial charge is 0.257 e. The van der Waals surface area contributed by atoms with Crippen LogP contribution in [0.15, 0.2) is 24.3 Å². The average Bonchev–Trinajstić information content (AvgIpc) is 2.61. The molecule has 23 heavy (non-hydrogen) atoms. The molecule has 1 aromatic carbocycles. The largest absolute Gasteiger partial charge is 0.492 e. The zero-order chi connectivity index (χ0) is 15.2. The van der Waals surface area contributed by atoms with Crippen molar-refractivity contribution in [2.24, 2.45) is 5.92 Å². The van der Waals surface area contributed by atoms with E-state index in [-0.39, 0.29) is 18.3 Å². The molecular formula is C17H25ClN2O3. The van der Waals surface area contributed by atoms with Gasteiger partial charge in [-0.15, -0.1) is 12.4 Å². The highest BCUT2D eigenvalue weighted by Crippen LogP contribution is 2.22. The first-order valence-corrected chi connectivity index (χ1v) is 8.14. The summed E-state index contributed by atoms with van der Waals surface area (Å²) in [5.41, 5.74) is 0.660. The minimum atomic E-state index is 0. The van der Waals surface area contributed by atoms with Crippen LogP contribution in [-0.2, 0) is 4.74 Å². The molecule has 1 atom stereocenters. The van der Waals surface area contributed by atoms with Crippen LogP contribution < -0.4 is 10.1 Å². The fourth-order valence-electron chi connectivity index (χ4n) is 2.98. The monoisotopic (exact) mass is 340 g/mol. The number of nitrogens with zero attached hydrogens (tertiary/aromatic N) is 1. The maximum atomic E-state index is 12.6. The second-order valence-electron chi connectivity index (χ2n) is 5.92. The Labute approximate surface area is 143 Å². The lowest BCUT2D eigenvalue weighted by molar-refractivity contribution is 0.0300. The highest BCUT2D eigenvalue weighted by atomic mass is 35.5. The number of morpholine rings is 1. The predicted molar refractivity (Wildman–Crippen MR) is 91.5 cm³/mol. The lowest BCUT2D eigenvalue weighted by Crippen LogP contribution is -2.40. The topological polar surface area (TPSA) is 50.8 Å². The third kappa shape index (κ3) is 4.83. The molecule has 3 rings (SSSR count). The molecular weight excluding hydrogens is 316 g/mol. The number of ether oxygens (including phenoxy) is 2. The van der Waals surface area contributed by atoms with E-state index in [1.807, 2.05) is 29.2 Å². The number of carbonyl (C=O) groups excluding carboxylic acids is 1. The summed E-state index contributed by atoms with van der Waals surface area (Å²) in [5.74, 6) is 1.27. The van der Waals surface area contributed by atoms with Gasteiger partial charge in [-0.05, 0) is 31.5 Å². The Kier molecular flexibility index (Phi) is 7.15. The van der Waals surface area contributed by atoms with Crippen LogP contribution in [0.4, 0.5) is 0 Å². The van der Waals surface area contributed by atoms with E-state index in [0.29, 0.717) is 50.1 Å². The number of hydrogen-bond acceptors (Lipinski definition) is 4. The second kappa shape index (κ2) is 9.11. The molecule has 6 heteroatoms. The van der Waals surface area contributed by atoms with Crippen LogP contribution in [0, 0.1) is 5.92 Å². The Balaban J connectivity index is 0.00000192. The van der Waals surface area contributed by atoms with Crippen molar-refractivity contribution in [1.82, 2.24) is 10.2 Å². The number of hydrogen-bond donors (Lipinski definition) is 1. The lowest BCUT2D eigenvalue weighted by Gasteiger charge is -2.28. The average molecular weight is 341 g/mol. The molecule has 1 amide bonds. The molecule has 0 radical (unpaired) electrons. The Morgan fingerprint density at radius 1 is 1.30 bits per heavy atom. The van der Waals surface area contributed by atoms with Gasteiger partial charge in [0.2, 0.25) is 0 Å². The van der Waals surface area contributed by atoms with Gasteiger partial charge in [-0.25, -0.2) is 0 Å². The van der Waals surface area contributed by atoms with Crippen LogP contribution in [0.25, 0.3) is 0 Å². The fraction of sp³-hybridized carbons (Fsp3) is 0.588. The molecule has 2 fully saturated rings. The van der Waals surface area contributed by atoms with Gasteiger partial charge in [-0.2, -0.15) is 0 Å². The van der Waals surface area contributed by atoms with Gasteiger partial charge in [-0.3, -0.25) is 4.79 Å². The Hall–Kier alpha value is -1.30. The van der Waals surface area contributed by atoms with Crippen molar-refractivity contribution in [2.45, 2.75) is 12.8 Å². The standard InChI is InChI=1S/C17H24N2O3.ClH/c20-17(19-8-10-21-11-9-19)15-5-1-2-6-16(15)22-13-14-4-3-7-18-12-14;/h1-2,5-6,14,18H,3-4,7-13H2;1H. The molecule has 0 aromatic heterocycles. The van der Waals surface area contributed by atoms with Gasteiger partial charge in [0.05, 0.1) is 25.4 Å². The van der Waals surface area contributed by atoms with E-state index in [9.17, 15) is 4.79 Å². The van der Waals surface area contributed by atoms with Crippen LogP contribution in [0.5, 0.6) is 5.75 Å². The third-order valence-corrected chi connectivity index (χ3v) is 4.29.